The van der Waals surface area contributed by atoms with E-state index in [-0.39, 0.29) is 0 Å². The van der Waals surface area contributed by atoms with Gasteiger partial charge in [-0.1, -0.05) is 34.6 Å². The van der Waals surface area contributed by atoms with Crippen LogP contribution in [0.2, 0.25) is 0 Å². The second-order valence-electron chi connectivity index (χ2n) is 3.34. The summed E-state index contributed by atoms with van der Waals surface area (Å²) in [7, 11) is 0.300. The highest BCUT2D eigenvalue weighted by Crippen LogP contribution is 2.50. The predicted molar refractivity (Wildman–Crippen MR) is 52.4 cm³/mol. The molecule has 0 fully saturated rings. The summed E-state index contributed by atoms with van der Waals surface area (Å²) >= 11 is 0. The van der Waals surface area contributed by atoms with Crippen LogP contribution in [0, 0.1) is 0 Å². The van der Waals surface area contributed by atoms with Gasteiger partial charge < -0.3 is 0 Å². The predicted octanol–water partition coefficient (Wildman–Crippen LogP) is 3.70. The zero-order valence-corrected chi connectivity index (χ0v) is 8.96. The van der Waals surface area contributed by atoms with Crippen molar-refractivity contribution in [2.45, 2.75) is 46.2 Å². The average Bonchev–Trinajstić information content (AvgIpc) is 1.90. The molecule has 0 N–H and O–H groups in total. The van der Waals surface area contributed by atoms with Crippen LogP contribution >= 0.6 is 7.92 Å². The van der Waals surface area contributed by atoms with E-state index in [1.165, 1.54) is 18.7 Å². The lowest BCUT2D eigenvalue weighted by Gasteiger charge is -2.32. The van der Waals surface area contributed by atoms with Crippen LogP contribution in [0.3, 0.4) is 0 Å². The Bertz CT molecular complexity index is 82.7. The molecule has 0 saturated heterocycles. The molecule has 0 rings (SSSR count). The van der Waals surface area contributed by atoms with E-state index in [0.717, 1.165) is 0 Å². The van der Waals surface area contributed by atoms with Gasteiger partial charge in [0.2, 0.25) is 0 Å². The maximum atomic E-state index is 2.41. The van der Waals surface area contributed by atoms with E-state index in [9.17, 15) is 0 Å². The SMILES string of the molecule is CCP(CC)C(C)(C)CC. The summed E-state index contributed by atoms with van der Waals surface area (Å²) in [6.45, 7) is 11.8. The third-order valence-electron chi connectivity index (χ3n) is 2.48. The monoisotopic (exact) mass is 160 g/mol. The van der Waals surface area contributed by atoms with Gasteiger partial charge in [-0.05, 0) is 23.9 Å². The van der Waals surface area contributed by atoms with Gasteiger partial charge in [0.15, 0.2) is 0 Å². The Morgan fingerprint density at radius 3 is 1.50 bits per heavy atom. The molecular formula is C9H21P. The quantitative estimate of drug-likeness (QED) is 0.550. The van der Waals surface area contributed by atoms with Crippen molar-refractivity contribution in [2.75, 3.05) is 12.3 Å². The molecule has 0 unspecified atom stereocenters. The minimum atomic E-state index is 0.300. The van der Waals surface area contributed by atoms with E-state index in [2.05, 4.69) is 34.6 Å². The van der Waals surface area contributed by atoms with Gasteiger partial charge in [-0.2, -0.15) is 0 Å². The van der Waals surface area contributed by atoms with Crippen molar-refractivity contribution in [3.63, 3.8) is 0 Å². The van der Waals surface area contributed by atoms with Crippen LogP contribution in [0.25, 0.3) is 0 Å². The Balaban J connectivity index is 3.97. The lowest BCUT2D eigenvalue weighted by atomic mass is 10.1. The van der Waals surface area contributed by atoms with Crippen LogP contribution in [0.1, 0.15) is 41.0 Å². The fourth-order valence-corrected chi connectivity index (χ4v) is 3.91. The lowest BCUT2D eigenvalue weighted by molar-refractivity contribution is 0.668. The number of hydrogen-bond donors (Lipinski definition) is 0. The summed E-state index contributed by atoms with van der Waals surface area (Å²) in [6.07, 6.45) is 4.12. The van der Waals surface area contributed by atoms with Gasteiger partial charge in [0.1, 0.15) is 0 Å². The molecule has 62 valence electrons. The van der Waals surface area contributed by atoms with Crippen LogP contribution in [0.4, 0.5) is 0 Å². The van der Waals surface area contributed by atoms with Gasteiger partial charge in [0.05, 0.1) is 0 Å². The Kier molecular flexibility index (Phi) is 4.52. The molecule has 1 heteroatoms. The summed E-state index contributed by atoms with van der Waals surface area (Å²) in [5.74, 6) is 0. The number of hydrogen-bond acceptors (Lipinski definition) is 0. The number of rotatable bonds is 4. The highest BCUT2D eigenvalue weighted by Gasteiger charge is 2.23. The van der Waals surface area contributed by atoms with Crippen LogP contribution < -0.4 is 0 Å². The summed E-state index contributed by atoms with van der Waals surface area (Å²) in [5, 5.41) is 0.624. The van der Waals surface area contributed by atoms with Crippen molar-refractivity contribution >= 4 is 7.92 Å². The lowest BCUT2D eigenvalue weighted by Crippen LogP contribution is -2.17. The fourth-order valence-electron chi connectivity index (χ4n) is 1.30. The standard InChI is InChI=1S/C9H21P/c1-6-9(4,5)10(7-2)8-3/h6-8H2,1-5H3. The molecule has 0 aliphatic rings. The topological polar surface area (TPSA) is 0 Å². The van der Waals surface area contributed by atoms with Crippen molar-refractivity contribution in [3.8, 4) is 0 Å². The normalized spacial score (nSPS) is 12.6. The summed E-state index contributed by atoms with van der Waals surface area (Å²) < 4.78 is 0. The molecular weight excluding hydrogens is 139 g/mol. The average molecular weight is 160 g/mol. The summed E-state index contributed by atoms with van der Waals surface area (Å²) in [6, 6.07) is 0. The van der Waals surface area contributed by atoms with E-state index in [1.807, 2.05) is 0 Å². The molecule has 10 heavy (non-hydrogen) atoms. The minimum absolute atomic E-state index is 0.300. The van der Waals surface area contributed by atoms with Crippen LogP contribution in [-0.2, 0) is 0 Å². The van der Waals surface area contributed by atoms with Crippen molar-refractivity contribution in [1.29, 1.82) is 0 Å². The van der Waals surface area contributed by atoms with Crippen molar-refractivity contribution in [1.82, 2.24) is 0 Å². The van der Waals surface area contributed by atoms with Gasteiger partial charge in [0.25, 0.3) is 0 Å². The Hall–Kier alpha value is 0.430. The second kappa shape index (κ2) is 4.34. The first kappa shape index (κ1) is 10.4. The maximum Gasteiger partial charge on any atom is -0.0154 e. The van der Waals surface area contributed by atoms with Crippen molar-refractivity contribution in [3.05, 3.63) is 0 Å². The first-order valence-corrected chi connectivity index (χ1v) is 6.04. The van der Waals surface area contributed by atoms with Crippen LogP contribution in [0.15, 0.2) is 0 Å². The van der Waals surface area contributed by atoms with E-state index >= 15 is 0 Å². The molecule has 0 aliphatic carbocycles. The molecule has 0 nitrogen and oxygen atoms in total. The molecule has 0 spiro atoms. The molecule has 0 aromatic rings. The van der Waals surface area contributed by atoms with E-state index in [1.54, 1.807) is 0 Å². The summed E-state index contributed by atoms with van der Waals surface area (Å²) in [5.41, 5.74) is 0. The van der Waals surface area contributed by atoms with E-state index in [4.69, 9.17) is 0 Å². The molecule has 0 heterocycles. The maximum absolute atomic E-state index is 2.41. The first-order valence-electron chi connectivity index (χ1n) is 4.33. The second-order valence-corrected chi connectivity index (χ2v) is 6.89. The van der Waals surface area contributed by atoms with Gasteiger partial charge in [-0.25, -0.2) is 0 Å². The van der Waals surface area contributed by atoms with E-state index in [0.29, 0.717) is 13.1 Å². The Morgan fingerprint density at radius 1 is 1.00 bits per heavy atom. The molecule has 0 aromatic heterocycles. The van der Waals surface area contributed by atoms with Crippen LogP contribution in [0.5, 0.6) is 0 Å². The molecule has 0 bridgehead atoms. The van der Waals surface area contributed by atoms with Gasteiger partial charge in [-0.3, -0.25) is 0 Å². The zero-order chi connectivity index (χ0) is 8.20. The zero-order valence-electron chi connectivity index (χ0n) is 8.07. The fraction of sp³-hybridized carbons (Fsp3) is 1.00. The third-order valence-corrected chi connectivity index (χ3v) is 6.04. The largest absolute Gasteiger partial charge is 0.101 e. The summed E-state index contributed by atoms with van der Waals surface area (Å²) in [4.78, 5) is 0. The Morgan fingerprint density at radius 2 is 1.40 bits per heavy atom. The molecule has 0 aromatic carbocycles. The first-order chi connectivity index (χ1) is 4.58. The highest BCUT2D eigenvalue weighted by atomic mass is 31.1. The van der Waals surface area contributed by atoms with E-state index < -0.39 is 0 Å². The smallest absolute Gasteiger partial charge is 0.0154 e. The third kappa shape index (κ3) is 2.58. The highest BCUT2D eigenvalue weighted by molar-refractivity contribution is 7.59. The van der Waals surface area contributed by atoms with Crippen molar-refractivity contribution < 1.29 is 0 Å². The van der Waals surface area contributed by atoms with Crippen molar-refractivity contribution in [2.24, 2.45) is 0 Å². The van der Waals surface area contributed by atoms with Crippen LogP contribution in [-0.4, -0.2) is 17.5 Å². The van der Waals surface area contributed by atoms with Gasteiger partial charge >= 0.3 is 0 Å². The molecule has 0 amide bonds. The molecule has 0 atom stereocenters. The molecule has 0 aliphatic heterocycles. The Labute approximate surface area is 67.2 Å². The molecule has 0 radical (unpaired) electrons. The minimum Gasteiger partial charge on any atom is -0.101 e. The molecule has 0 saturated carbocycles. The van der Waals surface area contributed by atoms with Gasteiger partial charge in [0, 0.05) is 0 Å². The van der Waals surface area contributed by atoms with Gasteiger partial charge in [-0.15, -0.1) is 7.92 Å².